The second-order valence-electron chi connectivity index (χ2n) is 5.30. The molecule has 1 fully saturated rings. The lowest BCUT2D eigenvalue weighted by Crippen LogP contribution is -2.44. The van der Waals surface area contributed by atoms with Crippen molar-refractivity contribution < 1.29 is 12.8 Å². The summed E-state index contributed by atoms with van der Waals surface area (Å²) < 4.78 is 41.0. The normalized spacial score (nSPS) is 20.6. The van der Waals surface area contributed by atoms with E-state index in [2.05, 4.69) is 25.6 Å². The molecule has 21 heavy (non-hydrogen) atoms. The molecule has 1 aromatic rings. The number of anilines is 1. The first-order chi connectivity index (χ1) is 9.81. The van der Waals surface area contributed by atoms with Crippen LogP contribution in [0.2, 0.25) is 0 Å². The molecule has 1 unspecified atom stereocenters. The second-order valence-corrected chi connectivity index (χ2v) is 7.89. The number of nitrogens with two attached hydrogens (primary N) is 1. The molecule has 1 aliphatic rings. The predicted octanol–water partition coefficient (Wildman–Crippen LogP) is 1.93. The van der Waals surface area contributed by atoms with Gasteiger partial charge in [-0.05, 0) is 54.5 Å². The maximum atomic E-state index is 14.0. The number of likely N-dealkylation sites (tertiary alicyclic amines) is 1. The van der Waals surface area contributed by atoms with Crippen LogP contribution < -0.4 is 10.5 Å². The Morgan fingerprint density at radius 2 is 2.19 bits per heavy atom. The molecule has 3 N–H and O–H groups in total. The minimum atomic E-state index is -3.92. The van der Waals surface area contributed by atoms with Gasteiger partial charge >= 0.3 is 0 Å². The Bertz CT molecular complexity index is 624. The van der Waals surface area contributed by atoms with Crippen LogP contribution in [0, 0.1) is 5.82 Å². The quantitative estimate of drug-likeness (QED) is 0.783. The number of sulfonamides is 1. The predicted molar refractivity (Wildman–Crippen MR) is 84.0 cm³/mol. The van der Waals surface area contributed by atoms with E-state index in [1.165, 1.54) is 6.07 Å². The number of nitrogens with zero attached hydrogens (tertiary/aromatic N) is 1. The maximum absolute atomic E-state index is 14.0. The van der Waals surface area contributed by atoms with Crippen LogP contribution in [-0.2, 0) is 10.0 Å². The van der Waals surface area contributed by atoms with Crippen LogP contribution >= 0.6 is 15.9 Å². The third kappa shape index (κ3) is 3.94. The molecule has 1 atom stereocenters. The van der Waals surface area contributed by atoms with Gasteiger partial charge in [-0.1, -0.05) is 6.42 Å². The Labute approximate surface area is 132 Å². The van der Waals surface area contributed by atoms with Crippen LogP contribution in [0.25, 0.3) is 0 Å². The van der Waals surface area contributed by atoms with Gasteiger partial charge in [-0.15, -0.1) is 0 Å². The summed E-state index contributed by atoms with van der Waals surface area (Å²) in [6, 6.07) is 2.61. The number of halogens is 2. The van der Waals surface area contributed by atoms with Gasteiger partial charge in [-0.3, -0.25) is 0 Å². The van der Waals surface area contributed by atoms with E-state index in [4.69, 9.17) is 5.73 Å². The van der Waals surface area contributed by atoms with Gasteiger partial charge in [0.25, 0.3) is 0 Å². The van der Waals surface area contributed by atoms with Gasteiger partial charge in [0.1, 0.15) is 4.90 Å². The van der Waals surface area contributed by atoms with Crippen molar-refractivity contribution in [3.05, 3.63) is 22.4 Å². The van der Waals surface area contributed by atoms with E-state index >= 15 is 0 Å². The number of likely N-dealkylation sites (N-methyl/N-ethyl adjacent to an activating group) is 1. The Morgan fingerprint density at radius 1 is 1.48 bits per heavy atom. The second kappa shape index (κ2) is 6.60. The van der Waals surface area contributed by atoms with Crippen molar-refractivity contribution in [1.82, 2.24) is 9.62 Å². The van der Waals surface area contributed by atoms with Gasteiger partial charge in [-0.25, -0.2) is 17.5 Å². The summed E-state index contributed by atoms with van der Waals surface area (Å²) >= 11 is 2.97. The first-order valence-corrected chi connectivity index (χ1v) is 9.03. The highest BCUT2D eigenvalue weighted by atomic mass is 79.9. The number of nitrogens with one attached hydrogen (secondary N) is 1. The van der Waals surface area contributed by atoms with E-state index < -0.39 is 20.7 Å². The van der Waals surface area contributed by atoms with Crippen LogP contribution in [0.1, 0.15) is 19.3 Å². The third-order valence-electron chi connectivity index (χ3n) is 3.74. The highest BCUT2D eigenvalue weighted by Gasteiger charge is 2.25. The molecule has 0 amide bonds. The van der Waals surface area contributed by atoms with Gasteiger partial charge in [0, 0.05) is 18.3 Å². The molecular formula is C13H19BrFN3O2S. The summed E-state index contributed by atoms with van der Waals surface area (Å²) in [7, 11) is -1.95. The van der Waals surface area contributed by atoms with Crippen molar-refractivity contribution in [2.24, 2.45) is 0 Å². The number of hydrogen-bond donors (Lipinski definition) is 2. The zero-order valence-electron chi connectivity index (χ0n) is 11.8. The number of benzene rings is 1. The van der Waals surface area contributed by atoms with Crippen LogP contribution in [0.15, 0.2) is 21.5 Å². The first kappa shape index (κ1) is 16.7. The topological polar surface area (TPSA) is 75.4 Å². The van der Waals surface area contributed by atoms with Crippen molar-refractivity contribution in [3.63, 3.8) is 0 Å². The maximum Gasteiger partial charge on any atom is 0.243 e. The highest BCUT2D eigenvalue weighted by molar-refractivity contribution is 9.10. The fourth-order valence-electron chi connectivity index (χ4n) is 2.47. The van der Waals surface area contributed by atoms with Crippen molar-refractivity contribution >= 4 is 31.6 Å². The average Bonchev–Trinajstić information content (AvgIpc) is 2.42. The Hall–Kier alpha value is -0.700. The van der Waals surface area contributed by atoms with E-state index in [0.717, 1.165) is 31.9 Å². The van der Waals surface area contributed by atoms with Crippen LogP contribution in [0.5, 0.6) is 0 Å². The van der Waals surface area contributed by atoms with Crippen molar-refractivity contribution in [2.45, 2.75) is 30.2 Å². The van der Waals surface area contributed by atoms with E-state index in [9.17, 15) is 12.8 Å². The van der Waals surface area contributed by atoms with Gasteiger partial charge in [0.15, 0.2) is 5.82 Å². The molecule has 1 saturated heterocycles. The minimum Gasteiger partial charge on any atom is -0.399 e. The van der Waals surface area contributed by atoms with E-state index in [1.54, 1.807) is 0 Å². The molecule has 0 saturated carbocycles. The van der Waals surface area contributed by atoms with E-state index in [0.29, 0.717) is 0 Å². The van der Waals surface area contributed by atoms with Gasteiger partial charge in [-0.2, -0.15) is 0 Å². The summed E-state index contributed by atoms with van der Waals surface area (Å²) in [4.78, 5) is 1.70. The van der Waals surface area contributed by atoms with Crippen LogP contribution in [-0.4, -0.2) is 39.5 Å². The van der Waals surface area contributed by atoms with Crippen LogP contribution in [0.4, 0.5) is 10.1 Å². The summed E-state index contributed by atoms with van der Waals surface area (Å²) in [5, 5.41) is 0. The molecule has 2 rings (SSSR count). The monoisotopic (exact) mass is 379 g/mol. The lowest BCUT2D eigenvalue weighted by Gasteiger charge is -2.32. The lowest BCUT2D eigenvalue weighted by molar-refractivity contribution is 0.187. The summed E-state index contributed by atoms with van der Waals surface area (Å²) in [6.45, 7) is 1.22. The third-order valence-corrected chi connectivity index (χ3v) is 5.74. The summed E-state index contributed by atoms with van der Waals surface area (Å²) in [5.74, 6) is -0.825. The SMILES string of the molecule is CN1CCCCC1CNS(=O)(=O)c1cc(N)cc(Br)c1F. The van der Waals surface area contributed by atoms with Crippen LogP contribution in [0.3, 0.4) is 0 Å². The molecule has 0 radical (unpaired) electrons. The highest BCUT2D eigenvalue weighted by Crippen LogP contribution is 2.26. The number of nitrogen functional groups attached to an aromatic ring is 1. The summed E-state index contributed by atoms with van der Waals surface area (Å²) in [5.41, 5.74) is 5.78. The molecule has 1 aliphatic heterocycles. The largest absolute Gasteiger partial charge is 0.399 e. The van der Waals surface area contributed by atoms with Gasteiger partial charge in [0.2, 0.25) is 10.0 Å². The molecular weight excluding hydrogens is 361 g/mol. The number of piperidine rings is 1. The molecule has 1 heterocycles. The zero-order chi connectivity index (χ0) is 15.6. The van der Waals surface area contributed by atoms with Gasteiger partial charge < -0.3 is 10.6 Å². The standard InChI is InChI=1S/C13H19BrFN3O2S/c1-18-5-3-2-4-10(18)8-17-21(19,20)12-7-9(16)6-11(14)13(12)15/h6-7,10,17H,2-5,8,16H2,1H3. The smallest absolute Gasteiger partial charge is 0.243 e. The molecule has 5 nitrogen and oxygen atoms in total. The Kier molecular flexibility index (Phi) is 5.24. The molecule has 0 aliphatic carbocycles. The average molecular weight is 380 g/mol. The number of hydrogen-bond acceptors (Lipinski definition) is 4. The van der Waals surface area contributed by atoms with Crippen molar-refractivity contribution in [3.8, 4) is 0 Å². The molecule has 0 aromatic heterocycles. The minimum absolute atomic E-state index is 0.0395. The fourth-order valence-corrected chi connectivity index (χ4v) is 4.28. The Morgan fingerprint density at radius 3 is 2.86 bits per heavy atom. The molecule has 118 valence electrons. The van der Waals surface area contributed by atoms with Gasteiger partial charge in [0.05, 0.1) is 4.47 Å². The molecule has 0 spiro atoms. The van der Waals surface area contributed by atoms with Crippen molar-refractivity contribution in [2.75, 3.05) is 25.9 Å². The molecule has 0 bridgehead atoms. The zero-order valence-corrected chi connectivity index (χ0v) is 14.2. The Balaban J connectivity index is 2.15. The molecule has 1 aromatic carbocycles. The first-order valence-electron chi connectivity index (χ1n) is 6.75. The van der Waals surface area contributed by atoms with E-state index in [1.807, 2.05) is 7.05 Å². The fraction of sp³-hybridized carbons (Fsp3) is 0.538. The lowest BCUT2D eigenvalue weighted by atomic mass is 10.0. The number of rotatable bonds is 4. The van der Waals surface area contributed by atoms with E-state index in [-0.39, 0.29) is 22.7 Å². The molecule has 8 heteroatoms. The summed E-state index contributed by atoms with van der Waals surface area (Å²) in [6.07, 6.45) is 3.13. The van der Waals surface area contributed by atoms with Crippen molar-refractivity contribution in [1.29, 1.82) is 0 Å².